The summed E-state index contributed by atoms with van der Waals surface area (Å²) in [6.07, 6.45) is 0. The SMILES string of the molecule is Cc1ccccc1Nc1cccc2c1oc1ccccc12. The van der Waals surface area contributed by atoms with E-state index in [4.69, 9.17) is 4.42 Å². The largest absolute Gasteiger partial charge is 0.454 e. The number of para-hydroxylation sites is 3. The molecule has 0 aliphatic carbocycles. The number of hydrogen-bond donors (Lipinski definition) is 1. The van der Waals surface area contributed by atoms with E-state index in [1.807, 2.05) is 30.3 Å². The molecule has 1 aromatic heterocycles. The Bertz CT molecular complexity index is 937. The maximum absolute atomic E-state index is 6.03. The molecule has 0 saturated carbocycles. The van der Waals surface area contributed by atoms with E-state index in [1.165, 1.54) is 5.56 Å². The molecule has 0 amide bonds. The molecule has 0 bridgehead atoms. The van der Waals surface area contributed by atoms with Crippen molar-refractivity contribution >= 4 is 33.3 Å². The number of hydrogen-bond acceptors (Lipinski definition) is 2. The molecule has 0 atom stereocenters. The zero-order chi connectivity index (χ0) is 14.2. The van der Waals surface area contributed by atoms with E-state index >= 15 is 0 Å². The molecule has 21 heavy (non-hydrogen) atoms. The standard InChI is InChI=1S/C19H15NO/c1-13-7-2-4-10-16(13)20-17-11-6-9-15-14-8-3-5-12-18(14)21-19(15)17/h2-12,20H,1H3. The molecule has 0 radical (unpaired) electrons. The lowest BCUT2D eigenvalue weighted by Crippen LogP contribution is -1.92. The lowest BCUT2D eigenvalue weighted by Gasteiger charge is -2.09. The highest BCUT2D eigenvalue weighted by Crippen LogP contribution is 2.34. The highest BCUT2D eigenvalue weighted by molar-refractivity contribution is 6.09. The van der Waals surface area contributed by atoms with E-state index in [0.29, 0.717) is 0 Å². The fraction of sp³-hybridized carbons (Fsp3) is 0.0526. The molecule has 2 nitrogen and oxygen atoms in total. The van der Waals surface area contributed by atoms with Crippen molar-refractivity contribution in [2.24, 2.45) is 0 Å². The van der Waals surface area contributed by atoms with E-state index < -0.39 is 0 Å². The lowest BCUT2D eigenvalue weighted by molar-refractivity contribution is 0.670. The van der Waals surface area contributed by atoms with Crippen molar-refractivity contribution in [3.05, 3.63) is 72.3 Å². The van der Waals surface area contributed by atoms with Crippen molar-refractivity contribution in [2.45, 2.75) is 6.92 Å². The van der Waals surface area contributed by atoms with Gasteiger partial charge in [0.15, 0.2) is 5.58 Å². The third kappa shape index (κ3) is 1.96. The number of nitrogens with one attached hydrogen (secondary N) is 1. The van der Waals surface area contributed by atoms with Crippen LogP contribution in [0.4, 0.5) is 11.4 Å². The zero-order valence-corrected chi connectivity index (χ0v) is 11.8. The molecule has 0 spiro atoms. The molecule has 0 aliphatic rings. The summed E-state index contributed by atoms with van der Waals surface area (Å²) < 4.78 is 6.03. The average Bonchev–Trinajstić information content (AvgIpc) is 2.89. The van der Waals surface area contributed by atoms with Gasteiger partial charge in [-0.2, -0.15) is 0 Å². The normalized spacial score (nSPS) is 11.1. The summed E-state index contributed by atoms with van der Waals surface area (Å²) in [5.41, 5.74) is 5.14. The maximum atomic E-state index is 6.03. The molecule has 0 saturated heterocycles. The van der Waals surface area contributed by atoms with Gasteiger partial charge >= 0.3 is 0 Å². The van der Waals surface area contributed by atoms with Crippen molar-refractivity contribution < 1.29 is 4.42 Å². The number of rotatable bonds is 2. The topological polar surface area (TPSA) is 25.2 Å². The van der Waals surface area contributed by atoms with Gasteiger partial charge in [-0.3, -0.25) is 0 Å². The first-order valence-corrected chi connectivity index (χ1v) is 7.06. The van der Waals surface area contributed by atoms with Gasteiger partial charge < -0.3 is 9.73 Å². The summed E-state index contributed by atoms with van der Waals surface area (Å²) in [5, 5.41) is 5.78. The quantitative estimate of drug-likeness (QED) is 0.511. The van der Waals surface area contributed by atoms with E-state index in [9.17, 15) is 0 Å². The van der Waals surface area contributed by atoms with Gasteiger partial charge in [0, 0.05) is 16.5 Å². The fourth-order valence-electron chi connectivity index (χ4n) is 2.70. The van der Waals surface area contributed by atoms with Gasteiger partial charge in [0.1, 0.15) is 5.58 Å². The van der Waals surface area contributed by atoms with Crippen molar-refractivity contribution in [3.63, 3.8) is 0 Å². The summed E-state index contributed by atoms with van der Waals surface area (Å²) >= 11 is 0. The van der Waals surface area contributed by atoms with Crippen LogP contribution in [0.5, 0.6) is 0 Å². The minimum atomic E-state index is 0.905. The Labute approximate surface area is 123 Å². The number of fused-ring (bicyclic) bond motifs is 3. The summed E-state index contributed by atoms with van der Waals surface area (Å²) in [6.45, 7) is 2.10. The Hall–Kier alpha value is -2.74. The van der Waals surface area contributed by atoms with Gasteiger partial charge in [-0.25, -0.2) is 0 Å². The molecule has 4 rings (SSSR count). The van der Waals surface area contributed by atoms with Crippen molar-refractivity contribution in [1.82, 2.24) is 0 Å². The van der Waals surface area contributed by atoms with Crippen LogP contribution in [0, 0.1) is 6.92 Å². The molecule has 1 N–H and O–H groups in total. The van der Waals surface area contributed by atoms with Crippen molar-refractivity contribution in [3.8, 4) is 0 Å². The van der Waals surface area contributed by atoms with E-state index in [1.54, 1.807) is 0 Å². The lowest BCUT2D eigenvalue weighted by atomic mass is 10.1. The van der Waals surface area contributed by atoms with Crippen molar-refractivity contribution in [2.75, 3.05) is 5.32 Å². The molecule has 1 heterocycles. The third-order valence-electron chi connectivity index (χ3n) is 3.82. The number of furan rings is 1. The summed E-state index contributed by atoms with van der Waals surface area (Å²) in [7, 11) is 0. The predicted octanol–water partition coefficient (Wildman–Crippen LogP) is 5.64. The van der Waals surface area contributed by atoms with E-state index in [2.05, 4.69) is 48.6 Å². The Balaban J connectivity index is 1.91. The van der Waals surface area contributed by atoms with Gasteiger partial charge in [-0.05, 0) is 30.7 Å². The predicted molar refractivity (Wildman–Crippen MR) is 88.2 cm³/mol. The van der Waals surface area contributed by atoms with E-state index in [0.717, 1.165) is 33.3 Å². The second-order valence-electron chi connectivity index (χ2n) is 5.22. The Kier molecular flexibility index (Phi) is 2.68. The van der Waals surface area contributed by atoms with Crippen LogP contribution in [0.2, 0.25) is 0 Å². The molecule has 2 heteroatoms. The second-order valence-corrected chi connectivity index (χ2v) is 5.22. The first kappa shape index (κ1) is 12.0. The number of anilines is 2. The van der Waals surface area contributed by atoms with Crippen LogP contribution in [-0.4, -0.2) is 0 Å². The molecular weight excluding hydrogens is 258 g/mol. The Morgan fingerprint density at radius 2 is 1.43 bits per heavy atom. The minimum absolute atomic E-state index is 0.905. The molecule has 0 fully saturated rings. The highest BCUT2D eigenvalue weighted by Gasteiger charge is 2.10. The summed E-state index contributed by atoms with van der Waals surface area (Å²) in [4.78, 5) is 0. The van der Waals surface area contributed by atoms with Crippen LogP contribution in [0.1, 0.15) is 5.56 Å². The number of benzene rings is 3. The fourth-order valence-corrected chi connectivity index (χ4v) is 2.70. The van der Waals surface area contributed by atoms with Gasteiger partial charge in [0.2, 0.25) is 0 Å². The zero-order valence-electron chi connectivity index (χ0n) is 11.8. The third-order valence-corrected chi connectivity index (χ3v) is 3.82. The van der Waals surface area contributed by atoms with Crippen LogP contribution in [0.3, 0.4) is 0 Å². The second kappa shape index (κ2) is 4.67. The van der Waals surface area contributed by atoms with Gasteiger partial charge in [0.05, 0.1) is 5.69 Å². The average molecular weight is 273 g/mol. The minimum Gasteiger partial charge on any atom is -0.454 e. The maximum Gasteiger partial charge on any atom is 0.158 e. The Morgan fingerprint density at radius 3 is 2.33 bits per heavy atom. The van der Waals surface area contributed by atoms with Crippen LogP contribution in [0.15, 0.2) is 71.1 Å². The highest BCUT2D eigenvalue weighted by atomic mass is 16.3. The van der Waals surface area contributed by atoms with Crippen LogP contribution in [-0.2, 0) is 0 Å². The Morgan fingerprint density at radius 1 is 0.714 bits per heavy atom. The van der Waals surface area contributed by atoms with Crippen LogP contribution >= 0.6 is 0 Å². The van der Waals surface area contributed by atoms with Gasteiger partial charge in [-0.1, -0.05) is 48.5 Å². The van der Waals surface area contributed by atoms with Gasteiger partial charge in [-0.15, -0.1) is 0 Å². The number of aryl methyl sites for hydroxylation is 1. The van der Waals surface area contributed by atoms with E-state index in [-0.39, 0.29) is 0 Å². The summed E-state index contributed by atoms with van der Waals surface area (Å²) in [5.74, 6) is 0. The summed E-state index contributed by atoms with van der Waals surface area (Å²) in [6, 6.07) is 22.6. The molecular formula is C19H15NO. The molecule has 4 aromatic rings. The first-order chi connectivity index (χ1) is 10.3. The molecule has 102 valence electrons. The van der Waals surface area contributed by atoms with Gasteiger partial charge in [0.25, 0.3) is 0 Å². The first-order valence-electron chi connectivity index (χ1n) is 7.06. The van der Waals surface area contributed by atoms with Crippen molar-refractivity contribution in [1.29, 1.82) is 0 Å². The molecule has 3 aromatic carbocycles. The molecule has 0 aliphatic heterocycles. The monoisotopic (exact) mass is 273 g/mol. The van der Waals surface area contributed by atoms with Crippen LogP contribution in [0.25, 0.3) is 21.9 Å². The smallest absolute Gasteiger partial charge is 0.158 e. The molecule has 0 unspecified atom stereocenters. The van der Waals surface area contributed by atoms with Crippen LogP contribution < -0.4 is 5.32 Å².